The molecule has 1 rings (SSSR count). The number of nitrogens with two attached hydrogens (primary N) is 1. The van der Waals surface area contributed by atoms with Crippen LogP contribution in [0.25, 0.3) is 0 Å². The number of hydrogen-bond acceptors (Lipinski definition) is 4. The molecule has 18 heavy (non-hydrogen) atoms. The molecule has 0 unspecified atom stereocenters. The van der Waals surface area contributed by atoms with Crippen LogP contribution in [-0.4, -0.2) is 40.5 Å². The second-order valence-corrected chi connectivity index (χ2v) is 5.08. The van der Waals surface area contributed by atoms with E-state index in [1.807, 2.05) is 20.8 Å². The first-order valence-corrected chi connectivity index (χ1v) is 6.03. The summed E-state index contributed by atoms with van der Waals surface area (Å²) in [5, 5.41) is 9.65. The molecule has 0 bridgehead atoms. The monoisotopic (exact) mass is 251 g/mol. The topological polar surface area (TPSA) is 79.5 Å². The Balaban J connectivity index is 2.90. The fourth-order valence-electron chi connectivity index (χ4n) is 1.65. The van der Waals surface area contributed by atoms with Gasteiger partial charge in [-0.25, -0.2) is 0 Å². The van der Waals surface area contributed by atoms with Crippen LogP contribution in [0.2, 0.25) is 0 Å². The predicted molar refractivity (Wildman–Crippen MR) is 70.3 cm³/mol. The van der Waals surface area contributed by atoms with Gasteiger partial charge in [-0.15, -0.1) is 0 Å². The highest BCUT2D eigenvalue weighted by Gasteiger charge is 2.24. The molecular formula is C13H21N3O2. The highest BCUT2D eigenvalue weighted by Crippen LogP contribution is 2.20. The first-order valence-electron chi connectivity index (χ1n) is 6.03. The number of carbonyl (C=O) groups excluding carboxylic acids is 1. The van der Waals surface area contributed by atoms with Crippen molar-refractivity contribution < 1.29 is 9.90 Å². The lowest BCUT2D eigenvalue weighted by molar-refractivity contribution is 0.0697. The number of rotatable bonds is 5. The summed E-state index contributed by atoms with van der Waals surface area (Å²) < 4.78 is 0. The molecule has 0 aromatic carbocycles. The normalized spacial score (nSPS) is 11.3. The summed E-state index contributed by atoms with van der Waals surface area (Å²) in [6, 6.07) is 1.52. The summed E-state index contributed by atoms with van der Waals surface area (Å²) in [5.41, 5.74) is 5.81. The first-order chi connectivity index (χ1) is 8.41. The second kappa shape index (κ2) is 5.82. The number of aromatic hydroxyl groups is 1. The van der Waals surface area contributed by atoms with E-state index in [1.165, 1.54) is 18.5 Å². The van der Waals surface area contributed by atoms with Crippen molar-refractivity contribution >= 4 is 5.91 Å². The van der Waals surface area contributed by atoms with E-state index in [4.69, 9.17) is 5.73 Å². The maximum atomic E-state index is 12.3. The van der Waals surface area contributed by atoms with Gasteiger partial charge in [-0.1, -0.05) is 13.8 Å². The van der Waals surface area contributed by atoms with Crippen molar-refractivity contribution in [3.63, 3.8) is 0 Å². The van der Waals surface area contributed by atoms with Crippen LogP contribution in [0.15, 0.2) is 18.5 Å². The highest BCUT2D eigenvalue weighted by molar-refractivity contribution is 5.96. The van der Waals surface area contributed by atoms with Gasteiger partial charge in [0.25, 0.3) is 5.91 Å². The number of pyridine rings is 1. The molecule has 5 heteroatoms. The minimum Gasteiger partial charge on any atom is -0.505 e. The number of aromatic nitrogens is 1. The van der Waals surface area contributed by atoms with Crippen LogP contribution in [0.1, 0.15) is 31.1 Å². The summed E-state index contributed by atoms with van der Waals surface area (Å²) in [6.45, 7) is 7.55. The molecule has 0 radical (unpaired) electrons. The van der Waals surface area contributed by atoms with Gasteiger partial charge in [0, 0.05) is 19.3 Å². The molecule has 0 atom stereocenters. The third-order valence-corrected chi connectivity index (χ3v) is 2.87. The van der Waals surface area contributed by atoms with Crippen LogP contribution in [0.4, 0.5) is 0 Å². The van der Waals surface area contributed by atoms with Crippen molar-refractivity contribution in [3.05, 3.63) is 24.0 Å². The van der Waals surface area contributed by atoms with Crippen LogP contribution < -0.4 is 5.73 Å². The van der Waals surface area contributed by atoms with Crippen molar-refractivity contribution in [1.29, 1.82) is 0 Å². The van der Waals surface area contributed by atoms with Gasteiger partial charge < -0.3 is 15.7 Å². The van der Waals surface area contributed by atoms with Crippen molar-refractivity contribution in [2.45, 2.75) is 20.8 Å². The molecule has 0 fully saturated rings. The Morgan fingerprint density at radius 1 is 1.56 bits per heavy atom. The predicted octanol–water partition coefficient (Wildman–Crippen LogP) is 1.23. The van der Waals surface area contributed by atoms with E-state index >= 15 is 0 Å². The average molecular weight is 251 g/mol. The Hall–Kier alpha value is -1.62. The number of nitrogens with zero attached hydrogens (tertiary/aromatic N) is 2. The second-order valence-electron chi connectivity index (χ2n) is 5.08. The smallest absolute Gasteiger partial charge is 0.257 e. The molecule has 1 aromatic heterocycles. The minimum absolute atomic E-state index is 0.0912. The molecule has 5 nitrogen and oxygen atoms in total. The summed E-state index contributed by atoms with van der Waals surface area (Å²) >= 11 is 0. The zero-order valence-electron chi connectivity index (χ0n) is 11.2. The fourth-order valence-corrected chi connectivity index (χ4v) is 1.65. The molecule has 0 spiro atoms. The van der Waals surface area contributed by atoms with Gasteiger partial charge in [0.15, 0.2) is 0 Å². The molecule has 0 saturated carbocycles. The molecule has 0 aliphatic rings. The lowest BCUT2D eigenvalue weighted by Gasteiger charge is -2.31. The van der Waals surface area contributed by atoms with Crippen molar-refractivity contribution in [3.8, 4) is 5.75 Å². The van der Waals surface area contributed by atoms with E-state index in [1.54, 1.807) is 4.90 Å². The van der Waals surface area contributed by atoms with Gasteiger partial charge >= 0.3 is 0 Å². The molecule has 1 aromatic rings. The quantitative estimate of drug-likeness (QED) is 0.825. The Morgan fingerprint density at radius 2 is 2.22 bits per heavy atom. The van der Waals surface area contributed by atoms with E-state index in [2.05, 4.69) is 4.98 Å². The molecule has 1 heterocycles. The van der Waals surface area contributed by atoms with Gasteiger partial charge in [0.1, 0.15) is 5.75 Å². The molecule has 0 saturated heterocycles. The molecule has 0 aliphatic carbocycles. The summed E-state index contributed by atoms with van der Waals surface area (Å²) in [6.07, 6.45) is 2.77. The fraction of sp³-hybridized carbons (Fsp3) is 0.538. The Morgan fingerprint density at radius 3 is 2.72 bits per heavy atom. The van der Waals surface area contributed by atoms with Gasteiger partial charge in [0.05, 0.1) is 11.8 Å². The lowest BCUT2D eigenvalue weighted by atomic mass is 9.93. The third kappa shape index (κ3) is 3.43. The van der Waals surface area contributed by atoms with E-state index in [0.717, 1.165) is 0 Å². The molecule has 100 valence electrons. The maximum Gasteiger partial charge on any atom is 0.257 e. The Labute approximate surface area is 108 Å². The Kier molecular flexibility index (Phi) is 4.67. The van der Waals surface area contributed by atoms with E-state index < -0.39 is 0 Å². The van der Waals surface area contributed by atoms with Crippen LogP contribution in [0.3, 0.4) is 0 Å². The van der Waals surface area contributed by atoms with Gasteiger partial charge in [-0.05, 0) is 24.9 Å². The van der Waals surface area contributed by atoms with Crippen LogP contribution in [0.5, 0.6) is 5.75 Å². The molecule has 3 N–H and O–H groups in total. The average Bonchev–Trinajstić information content (AvgIpc) is 2.36. The van der Waals surface area contributed by atoms with E-state index in [-0.39, 0.29) is 22.6 Å². The highest BCUT2D eigenvalue weighted by atomic mass is 16.3. The summed E-state index contributed by atoms with van der Waals surface area (Å²) in [4.78, 5) is 17.7. The SMILES string of the molecule is CCN(CC(C)(C)CN)C(=O)c1ccncc1O. The minimum atomic E-state index is -0.195. The first kappa shape index (κ1) is 14.4. The number of amides is 1. The van der Waals surface area contributed by atoms with Gasteiger partial charge in [-0.2, -0.15) is 0 Å². The van der Waals surface area contributed by atoms with E-state index in [9.17, 15) is 9.90 Å². The van der Waals surface area contributed by atoms with Crippen molar-refractivity contribution in [2.24, 2.45) is 11.1 Å². The molecule has 1 amide bonds. The maximum absolute atomic E-state index is 12.3. The molecule has 0 aliphatic heterocycles. The summed E-state index contributed by atoms with van der Waals surface area (Å²) in [7, 11) is 0. The number of carbonyl (C=O) groups is 1. The Bertz CT molecular complexity index is 418. The van der Waals surface area contributed by atoms with Crippen molar-refractivity contribution in [2.75, 3.05) is 19.6 Å². The van der Waals surface area contributed by atoms with Crippen LogP contribution >= 0.6 is 0 Å². The number of hydrogen-bond donors (Lipinski definition) is 2. The zero-order valence-corrected chi connectivity index (χ0v) is 11.2. The van der Waals surface area contributed by atoms with E-state index in [0.29, 0.717) is 19.6 Å². The third-order valence-electron chi connectivity index (χ3n) is 2.87. The summed E-state index contributed by atoms with van der Waals surface area (Å²) in [5.74, 6) is -0.287. The largest absolute Gasteiger partial charge is 0.505 e. The van der Waals surface area contributed by atoms with Crippen molar-refractivity contribution in [1.82, 2.24) is 9.88 Å². The van der Waals surface area contributed by atoms with Gasteiger partial charge in [-0.3, -0.25) is 9.78 Å². The zero-order chi connectivity index (χ0) is 13.8. The van der Waals surface area contributed by atoms with Gasteiger partial charge in [0.2, 0.25) is 0 Å². The lowest BCUT2D eigenvalue weighted by Crippen LogP contribution is -2.42. The standard InChI is InChI=1S/C13H21N3O2/c1-4-16(9-13(2,3)8-14)12(18)10-5-6-15-7-11(10)17/h5-7,17H,4,8-9,14H2,1-3H3. The molecular weight excluding hydrogens is 230 g/mol. The van der Waals surface area contributed by atoms with Crippen LogP contribution in [0, 0.1) is 5.41 Å². The van der Waals surface area contributed by atoms with Crippen LogP contribution in [-0.2, 0) is 0 Å².